The maximum atomic E-state index is 6.73. The van der Waals surface area contributed by atoms with E-state index >= 15 is 0 Å². The van der Waals surface area contributed by atoms with Gasteiger partial charge in [-0.05, 0) is 37.9 Å². The number of hydrogen-bond acceptors (Lipinski definition) is 3. The van der Waals surface area contributed by atoms with Crippen molar-refractivity contribution in [3.05, 3.63) is 49.1 Å². The predicted molar refractivity (Wildman–Crippen MR) is 125 cm³/mol. The van der Waals surface area contributed by atoms with Crippen molar-refractivity contribution in [3.63, 3.8) is 0 Å². The van der Waals surface area contributed by atoms with Crippen molar-refractivity contribution in [1.29, 1.82) is 0 Å². The maximum absolute atomic E-state index is 6.73. The summed E-state index contributed by atoms with van der Waals surface area (Å²) in [5.41, 5.74) is 1.20. The minimum absolute atomic E-state index is 0.0582. The van der Waals surface area contributed by atoms with Gasteiger partial charge in [0, 0.05) is 13.0 Å². The van der Waals surface area contributed by atoms with Crippen LogP contribution in [0.4, 0.5) is 0 Å². The van der Waals surface area contributed by atoms with Gasteiger partial charge in [-0.15, -0.1) is 13.2 Å². The summed E-state index contributed by atoms with van der Waals surface area (Å²) >= 11 is 0. The van der Waals surface area contributed by atoms with E-state index in [1.807, 2.05) is 12.2 Å². The molecule has 0 radical (unpaired) electrons. The third kappa shape index (κ3) is 10.0. The molecule has 4 heteroatoms. The minimum atomic E-state index is -1.93. The number of allylic oxidation sites excluding steroid dienone is 2. The molecular weight excluding hydrogens is 364 g/mol. The zero-order valence-electron chi connectivity index (χ0n) is 19.6. The Morgan fingerprint density at radius 1 is 1.11 bits per heavy atom. The molecule has 0 bridgehead atoms. The summed E-state index contributed by atoms with van der Waals surface area (Å²) < 4.78 is 18.2. The van der Waals surface area contributed by atoms with Gasteiger partial charge in [-0.3, -0.25) is 0 Å². The second kappa shape index (κ2) is 13.3. The molecule has 0 spiro atoms. The van der Waals surface area contributed by atoms with Gasteiger partial charge in [-0.2, -0.15) is 0 Å². The molecule has 0 aromatic carbocycles. The van der Waals surface area contributed by atoms with E-state index in [1.165, 1.54) is 5.57 Å². The van der Waals surface area contributed by atoms with Crippen molar-refractivity contribution in [2.45, 2.75) is 77.8 Å². The Bertz CT molecular complexity index is 514. The monoisotopic (exact) mass is 408 g/mol. The molecule has 0 aliphatic rings. The van der Waals surface area contributed by atoms with Crippen molar-refractivity contribution >= 4 is 8.32 Å². The summed E-state index contributed by atoms with van der Waals surface area (Å²) in [4.78, 5) is 0. The molecule has 0 amide bonds. The van der Waals surface area contributed by atoms with E-state index in [0.29, 0.717) is 13.2 Å². The highest BCUT2D eigenvalue weighted by Crippen LogP contribution is 2.39. The minimum Gasteiger partial charge on any atom is -0.410 e. The molecule has 0 heterocycles. The number of ether oxygens (including phenoxy) is 2. The number of hydrogen-bond donors (Lipinski definition) is 0. The summed E-state index contributed by atoms with van der Waals surface area (Å²) in [6, 6.07) is 0. The summed E-state index contributed by atoms with van der Waals surface area (Å²) in [5.74, 6) is 0.198. The van der Waals surface area contributed by atoms with Gasteiger partial charge in [-0.1, -0.05) is 63.6 Å². The highest BCUT2D eigenvalue weighted by molar-refractivity contribution is 6.74. The zero-order valence-corrected chi connectivity index (χ0v) is 20.6. The fraction of sp³-hybridized carbons (Fsp3) is 0.667. The van der Waals surface area contributed by atoms with E-state index < -0.39 is 8.32 Å². The van der Waals surface area contributed by atoms with Crippen molar-refractivity contribution in [3.8, 4) is 0 Å². The number of rotatable bonds is 14. The van der Waals surface area contributed by atoms with Gasteiger partial charge in [0.2, 0.25) is 0 Å². The molecule has 3 nitrogen and oxygen atoms in total. The van der Waals surface area contributed by atoms with Crippen LogP contribution in [-0.4, -0.2) is 40.8 Å². The molecule has 0 aliphatic carbocycles. The molecule has 0 aromatic rings. The van der Waals surface area contributed by atoms with E-state index in [9.17, 15) is 0 Å². The van der Waals surface area contributed by atoms with Crippen molar-refractivity contribution in [1.82, 2.24) is 0 Å². The topological polar surface area (TPSA) is 27.7 Å². The summed E-state index contributed by atoms with van der Waals surface area (Å²) in [5, 5.41) is 0.143. The van der Waals surface area contributed by atoms with Crippen molar-refractivity contribution in [2.24, 2.45) is 5.92 Å². The first-order chi connectivity index (χ1) is 13.0. The number of methoxy groups -OCH3 is 1. The predicted octanol–water partition coefficient (Wildman–Crippen LogP) is 6.70. The Kier molecular flexibility index (Phi) is 12.9. The van der Waals surface area contributed by atoms with Gasteiger partial charge in [0.15, 0.2) is 8.32 Å². The normalized spacial score (nSPS) is 16.8. The van der Waals surface area contributed by atoms with E-state index in [0.717, 1.165) is 12.8 Å². The van der Waals surface area contributed by atoms with Crippen LogP contribution in [0.25, 0.3) is 0 Å². The Hall–Kier alpha value is -0.943. The van der Waals surface area contributed by atoms with Crippen LogP contribution in [-0.2, 0) is 13.9 Å². The van der Waals surface area contributed by atoms with Crippen LogP contribution < -0.4 is 0 Å². The van der Waals surface area contributed by atoms with E-state index in [1.54, 1.807) is 7.11 Å². The second-order valence-corrected chi connectivity index (χ2v) is 13.8. The molecule has 3 atom stereocenters. The third-order valence-electron chi connectivity index (χ3n) is 5.38. The van der Waals surface area contributed by atoms with Gasteiger partial charge in [0.05, 0.1) is 19.3 Å². The van der Waals surface area contributed by atoms with Gasteiger partial charge >= 0.3 is 0 Å². The third-order valence-corrected chi connectivity index (χ3v) is 9.85. The molecule has 0 aliphatic heterocycles. The first kappa shape index (κ1) is 27.1. The molecule has 0 saturated heterocycles. The molecule has 0 unspecified atom stereocenters. The summed E-state index contributed by atoms with van der Waals surface area (Å²) in [6.07, 6.45) is 12.1. The average Bonchev–Trinajstić information content (AvgIpc) is 2.60. The van der Waals surface area contributed by atoms with Crippen LogP contribution >= 0.6 is 0 Å². The summed E-state index contributed by atoms with van der Waals surface area (Å²) in [6.45, 7) is 24.6. The lowest BCUT2D eigenvalue weighted by Crippen LogP contribution is -2.49. The lowest BCUT2D eigenvalue weighted by atomic mass is 9.97. The summed E-state index contributed by atoms with van der Waals surface area (Å²) in [7, 11) is -0.207. The lowest BCUT2D eigenvalue weighted by molar-refractivity contribution is 0.00584. The van der Waals surface area contributed by atoms with Crippen LogP contribution in [0.15, 0.2) is 49.1 Å². The molecule has 162 valence electrons. The average molecular weight is 409 g/mol. The van der Waals surface area contributed by atoms with Crippen LogP contribution in [0.3, 0.4) is 0 Å². The zero-order chi connectivity index (χ0) is 21.8. The van der Waals surface area contributed by atoms with Crippen LogP contribution in [0, 0.1) is 5.92 Å². The Morgan fingerprint density at radius 2 is 1.75 bits per heavy atom. The van der Waals surface area contributed by atoms with Gasteiger partial charge in [-0.25, -0.2) is 0 Å². The largest absolute Gasteiger partial charge is 0.410 e. The maximum Gasteiger partial charge on any atom is 0.192 e. The standard InChI is InChI=1S/C24H44O3Si/c1-11-13-14-15-16-17-26-19-20(3)18-21(4)23(22(12-2)25-8)27-28(9,10)24(5,6)7/h11-12,15-16,18,21-23H,1-2,13-14,17,19H2,3-10H3/b16-15+,20-18-/t21-,22-,23+/m1/s1. The van der Waals surface area contributed by atoms with Crippen LogP contribution in [0.2, 0.25) is 18.1 Å². The van der Waals surface area contributed by atoms with E-state index in [-0.39, 0.29) is 23.2 Å². The molecule has 0 rings (SSSR count). The van der Waals surface area contributed by atoms with Gasteiger partial charge in [0.1, 0.15) is 6.10 Å². The SMILES string of the molecule is C=CCC/C=C/COC/C(C)=C\[C@@H](C)[C@H](O[Si](C)(C)C(C)(C)C)[C@@H](C=C)OC. The van der Waals surface area contributed by atoms with Crippen LogP contribution in [0.1, 0.15) is 47.5 Å². The Balaban J connectivity index is 5.00. The van der Waals surface area contributed by atoms with Crippen molar-refractivity contribution < 1.29 is 13.9 Å². The molecule has 0 fully saturated rings. The van der Waals surface area contributed by atoms with Gasteiger partial charge < -0.3 is 13.9 Å². The highest BCUT2D eigenvalue weighted by Gasteiger charge is 2.41. The molecule has 0 aromatic heterocycles. The van der Waals surface area contributed by atoms with E-state index in [4.69, 9.17) is 13.9 Å². The quantitative estimate of drug-likeness (QED) is 0.182. The first-order valence-electron chi connectivity index (χ1n) is 10.3. The molecule has 28 heavy (non-hydrogen) atoms. The van der Waals surface area contributed by atoms with Crippen molar-refractivity contribution in [2.75, 3.05) is 20.3 Å². The van der Waals surface area contributed by atoms with Gasteiger partial charge in [0.25, 0.3) is 0 Å². The molecule has 0 saturated carbocycles. The molecular formula is C24H44O3Si. The Morgan fingerprint density at radius 3 is 2.25 bits per heavy atom. The van der Waals surface area contributed by atoms with Crippen LogP contribution in [0.5, 0.6) is 0 Å². The smallest absolute Gasteiger partial charge is 0.192 e. The fourth-order valence-corrected chi connectivity index (χ4v) is 4.02. The Labute approximate surface area is 175 Å². The first-order valence-corrected chi connectivity index (χ1v) is 13.2. The highest BCUT2D eigenvalue weighted by atomic mass is 28.4. The lowest BCUT2D eigenvalue weighted by Gasteiger charge is -2.42. The van der Waals surface area contributed by atoms with E-state index in [2.05, 4.69) is 79.1 Å². The molecule has 0 N–H and O–H groups in total. The second-order valence-electron chi connectivity index (χ2n) is 9.00. The fourth-order valence-electron chi connectivity index (χ4n) is 2.63. The number of unbranched alkanes of at least 4 members (excludes halogenated alkanes) is 1.